The zero-order chi connectivity index (χ0) is 13.0. The molecule has 2 N–H and O–H groups in total. The lowest BCUT2D eigenvalue weighted by atomic mass is 10.1. The molecule has 0 aromatic heterocycles. The van der Waals surface area contributed by atoms with Crippen molar-refractivity contribution in [1.82, 2.24) is 4.90 Å². The van der Waals surface area contributed by atoms with E-state index < -0.39 is 0 Å². The largest absolute Gasteiger partial charge is 0.494 e. The molecule has 1 aliphatic heterocycles. The van der Waals surface area contributed by atoms with E-state index in [1.165, 1.54) is 0 Å². The predicted molar refractivity (Wildman–Crippen MR) is 78.0 cm³/mol. The quantitative estimate of drug-likeness (QED) is 0.921. The van der Waals surface area contributed by atoms with E-state index in [0.29, 0.717) is 18.7 Å². The third-order valence-corrected chi connectivity index (χ3v) is 3.30. The summed E-state index contributed by atoms with van der Waals surface area (Å²) in [5, 5.41) is 0. The summed E-state index contributed by atoms with van der Waals surface area (Å²) >= 11 is 0. The second kappa shape index (κ2) is 7.36. The topological polar surface area (TPSA) is 55.6 Å². The number of nitrogens with two attached hydrogens (primary N) is 1. The molecule has 1 saturated heterocycles. The van der Waals surface area contributed by atoms with Crippen molar-refractivity contribution >= 4 is 18.3 Å². The fourth-order valence-corrected chi connectivity index (χ4v) is 2.40. The van der Waals surface area contributed by atoms with Gasteiger partial charge in [0, 0.05) is 24.7 Å². The molecular formula is C14H21ClN2O2. The van der Waals surface area contributed by atoms with Gasteiger partial charge in [-0.2, -0.15) is 0 Å². The molecule has 0 bridgehead atoms. The maximum atomic E-state index is 12.4. The first-order valence-corrected chi connectivity index (χ1v) is 6.50. The van der Waals surface area contributed by atoms with E-state index in [1.807, 2.05) is 30.0 Å². The molecule has 4 nitrogen and oxygen atoms in total. The number of likely N-dealkylation sites (tertiary alicyclic amines) is 1. The molecule has 1 aromatic rings. The molecule has 1 aliphatic rings. The maximum absolute atomic E-state index is 12.4. The molecule has 19 heavy (non-hydrogen) atoms. The van der Waals surface area contributed by atoms with Gasteiger partial charge in [0.25, 0.3) is 5.91 Å². The number of hydrogen-bond donors (Lipinski definition) is 1. The second-order valence-electron chi connectivity index (χ2n) is 4.49. The minimum Gasteiger partial charge on any atom is -0.494 e. The number of hydrogen-bond acceptors (Lipinski definition) is 3. The molecule has 1 atom stereocenters. The van der Waals surface area contributed by atoms with E-state index in [1.54, 1.807) is 6.07 Å². The molecule has 1 heterocycles. The average molecular weight is 285 g/mol. The van der Waals surface area contributed by atoms with Crippen LogP contribution in [-0.4, -0.2) is 36.5 Å². The van der Waals surface area contributed by atoms with Crippen LogP contribution in [0, 0.1) is 0 Å². The van der Waals surface area contributed by atoms with Crippen LogP contribution in [0.5, 0.6) is 5.75 Å². The molecule has 1 fully saturated rings. The third kappa shape index (κ3) is 3.61. The molecule has 2 rings (SSSR count). The van der Waals surface area contributed by atoms with Gasteiger partial charge in [-0.25, -0.2) is 0 Å². The van der Waals surface area contributed by atoms with E-state index in [-0.39, 0.29) is 24.4 Å². The van der Waals surface area contributed by atoms with Crippen molar-refractivity contribution < 1.29 is 9.53 Å². The lowest BCUT2D eigenvalue weighted by Gasteiger charge is -2.23. The van der Waals surface area contributed by atoms with Crippen molar-refractivity contribution in [2.24, 2.45) is 5.73 Å². The fraction of sp³-hybridized carbons (Fsp3) is 0.500. The lowest BCUT2D eigenvalue weighted by Crippen LogP contribution is -2.39. The number of carbonyl (C=O) groups is 1. The molecule has 5 heteroatoms. The second-order valence-corrected chi connectivity index (χ2v) is 4.49. The first kappa shape index (κ1) is 15.8. The Balaban J connectivity index is 0.00000180. The number of benzene rings is 1. The zero-order valence-electron chi connectivity index (χ0n) is 11.2. The van der Waals surface area contributed by atoms with Gasteiger partial charge in [0.1, 0.15) is 5.75 Å². The monoisotopic (exact) mass is 284 g/mol. The van der Waals surface area contributed by atoms with Crippen molar-refractivity contribution in [1.29, 1.82) is 0 Å². The van der Waals surface area contributed by atoms with Crippen molar-refractivity contribution in [3.05, 3.63) is 29.8 Å². The van der Waals surface area contributed by atoms with E-state index >= 15 is 0 Å². The van der Waals surface area contributed by atoms with Gasteiger partial charge in [-0.3, -0.25) is 4.79 Å². The SMILES string of the molecule is CCOc1cccc(C(=O)N2CCCC2CN)c1.Cl. The van der Waals surface area contributed by atoms with Crippen molar-refractivity contribution in [2.75, 3.05) is 19.7 Å². The first-order chi connectivity index (χ1) is 8.76. The fourth-order valence-electron chi connectivity index (χ4n) is 2.40. The highest BCUT2D eigenvalue weighted by Crippen LogP contribution is 2.21. The van der Waals surface area contributed by atoms with Crippen LogP contribution in [0.3, 0.4) is 0 Å². The van der Waals surface area contributed by atoms with E-state index in [2.05, 4.69) is 0 Å². The van der Waals surface area contributed by atoms with Crippen LogP contribution in [0.15, 0.2) is 24.3 Å². The number of nitrogens with zero attached hydrogens (tertiary/aromatic N) is 1. The van der Waals surface area contributed by atoms with E-state index in [9.17, 15) is 4.79 Å². The van der Waals surface area contributed by atoms with E-state index in [0.717, 1.165) is 25.1 Å². The molecule has 106 valence electrons. The Morgan fingerprint density at radius 1 is 1.53 bits per heavy atom. The number of amides is 1. The van der Waals surface area contributed by atoms with Crippen molar-refractivity contribution in [3.63, 3.8) is 0 Å². The Morgan fingerprint density at radius 3 is 3.00 bits per heavy atom. The van der Waals surface area contributed by atoms with Crippen LogP contribution in [0.4, 0.5) is 0 Å². The highest BCUT2D eigenvalue weighted by Gasteiger charge is 2.28. The maximum Gasteiger partial charge on any atom is 0.254 e. The van der Waals surface area contributed by atoms with Crippen molar-refractivity contribution in [2.45, 2.75) is 25.8 Å². The van der Waals surface area contributed by atoms with Gasteiger partial charge in [-0.1, -0.05) is 6.07 Å². The minimum atomic E-state index is 0. The first-order valence-electron chi connectivity index (χ1n) is 6.50. The van der Waals surface area contributed by atoms with Crippen LogP contribution in [0.2, 0.25) is 0 Å². The van der Waals surface area contributed by atoms with Crippen LogP contribution < -0.4 is 10.5 Å². The van der Waals surface area contributed by atoms with Gasteiger partial charge < -0.3 is 15.4 Å². The van der Waals surface area contributed by atoms with Gasteiger partial charge in [0.2, 0.25) is 0 Å². The van der Waals surface area contributed by atoms with Crippen molar-refractivity contribution in [3.8, 4) is 5.75 Å². The Morgan fingerprint density at radius 2 is 2.32 bits per heavy atom. The predicted octanol–water partition coefficient (Wildman–Crippen LogP) is 2.07. The van der Waals surface area contributed by atoms with Gasteiger partial charge in [0.05, 0.1) is 6.61 Å². The standard InChI is InChI=1S/C14H20N2O2.ClH/c1-2-18-13-7-3-5-11(9-13)14(17)16-8-4-6-12(16)10-15;/h3,5,7,9,12H,2,4,6,8,10,15H2,1H3;1H. The molecule has 1 aromatic carbocycles. The van der Waals surface area contributed by atoms with Gasteiger partial charge in [-0.05, 0) is 38.0 Å². The minimum absolute atomic E-state index is 0. The Hall–Kier alpha value is -1.26. The molecule has 0 aliphatic carbocycles. The number of carbonyl (C=O) groups excluding carboxylic acids is 1. The molecule has 0 saturated carbocycles. The summed E-state index contributed by atoms with van der Waals surface area (Å²) in [4.78, 5) is 14.3. The van der Waals surface area contributed by atoms with Gasteiger partial charge in [0.15, 0.2) is 0 Å². The molecule has 1 unspecified atom stereocenters. The smallest absolute Gasteiger partial charge is 0.254 e. The number of ether oxygens (including phenoxy) is 1. The third-order valence-electron chi connectivity index (χ3n) is 3.30. The zero-order valence-corrected chi connectivity index (χ0v) is 12.0. The summed E-state index contributed by atoms with van der Waals surface area (Å²) < 4.78 is 5.42. The van der Waals surface area contributed by atoms with Crippen LogP contribution in [0.1, 0.15) is 30.1 Å². The summed E-state index contributed by atoms with van der Waals surface area (Å²) in [6, 6.07) is 7.54. The van der Waals surface area contributed by atoms with E-state index in [4.69, 9.17) is 10.5 Å². The highest BCUT2D eigenvalue weighted by atomic mass is 35.5. The Kier molecular flexibility index (Phi) is 6.12. The van der Waals surface area contributed by atoms with Gasteiger partial charge in [-0.15, -0.1) is 12.4 Å². The Labute approximate surface area is 120 Å². The summed E-state index contributed by atoms with van der Waals surface area (Å²) in [6.45, 7) is 3.88. The highest BCUT2D eigenvalue weighted by molar-refractivity contribution is 5.95. The van der Waals surface area contributed by atoms with Crippen LogP contribution in [-0.2, 0) is 0 Å². The molecule has 0 spiro atoms. The number of rotatable bonds is 4. The van der Waals surface area contributed by atoms with Gasteiger partial charge >= 0.3 is 0 Å². The summed E-state index contributed by atoms with van der Waals surface area (Å²) in [5.74, 6) is 0.802. The number of halogens is 1. The summed E-state index contributed by atoms with van der Waals surface area (Å²) in [7, 11) is 0. The molecular weight excluding hydrogens is 264 g/mol. The molecule has 1 amide bonds. The summed E-state index contributed by atoms with van der Waals surface area (Å²) in [6.07, 6.45) is 2.05. The summed E-state index contributed by atoms with van der Waals surface area (Å²) in [5.41, 5.74) is 6.38. The van der Waals surface area contributed by atoms with Crippen LogP contribution in [0.25, 0.3) is 0 Å². The van der Waals surface area contributed by atoms with Crippen LogP contribution >= 0.6 is 12.4 Å². The Bertz CT molecular complexity index is 426. The normalized spacial score (nSPS) is 18.0. The average Bonchev–Trinajstić information content (AvgIpc) is 2.87. The molecule has 0 radical (unpaired) electrons. The lowest BCUT2D eigenvalue weighted by molar-refractivity contribution is 0.0740.